The molecule has 106 valence electrons. The first-order valence-electron chi connectivity index (χ1n) is 6.34. The van der Waals surface area contributed by atoms with Gasteiger partial charge in [-0.1, -0.05) is 30.3 Å². The van der Waals surface area contributed by atoms with E-state index in [0.29, 0.717) is 6.54 Å². The van der Waals surface area contributed by atoms with Crippen molar-refractivity contribution in [2.45, 2.75) is 25.4 Å². The van der Waals surface area contributed by atoms with E-state index >= 15 is 0 Å². The summed E-state index contributed by atoms with van der Waals surface area (Å²) in [6, 6.07) is 9.85. The van der Waals surface area contributed by atoms with Gasteiger partial charge in [0.25, 0.3) is 0 Å². The third kappa shape index (κ3) is 4.85. The molecule has 7 heteroatoms. The minimum absolute atomic E-state index is 0.149. The Balaban J connectivity index is 1.64. The molecule has 1 aromatic carbocycles. The number of hydrogen-bond donors (Lipinski definition) is 4. The van der Waals surface area contributed by atoms with Crippen molar-refractivity contribution in [1.29, 1.82) is 0 Å². The van der Waals surface area contributed by atoms with Crippen LogP contribution in [0.4, 0.5) is 0 Å². The van der Waals surface area contributed by atoms with Crippen LogP contribution in [0.2, 0.25) is 0 Å². The van der Waals surface area contributed by atoms with Gasteiger partial charge in [-0.05, 0) is 30.6 Å². The van der Waals surface area contributed by atoms with Crippen molar-refractivity contribution in [3.63, 3.8) is 0 Å². The van der Waals surface area contributed by atoms with Crippen molar-refractivity contribution in [2.75, 3.05) is 0 Å². The van der Waals surface area contributed by atoms with Gasteiger partial charge in [-0.3, -0.25) is 20.4 Å². The van der Waals surface area contributed by atoms with Crippen LogP contribution in [-0.2, 0) is 16.1 Å². The van der Waals surface area contributed by atoms with E-state index in [1.54, 1.807) is 0 Å². The largest absolute Gasteiger partial charge is 0.357 e. The van der Waals surface area contributed by atoms with Crippen LogP contribution in [-0.4, -0.2) is 23.0 Å². The summed E-state index contributed by atoms with van der Waals surface area (Å²) in [5, 5.41) is 5.75. The highest BCUT2D eigenvalue weighted by atomic mass is 32.1. The molecular weight excluding hydrogens is 276 g/mol. The molecule has 0 aromatic heterocycles. The summed E-state index contributed by atoms with van der Waals surface area (Å²) in [5.41, 5.74) is 5.80. The van der Waals surface area contributed by atoms with Gasteiger partial charge in [-0.15, -0.1) is 0 Å². The summed E-state index contributed by atoms with van der Waals surface area (Å²) < 4.78 is 0. The minimum atomic E-state index is -0.749. The number of amides is 2. The summed E-state index contributed by atoms with van der Waals surface area (Å²) in [6.45, 7) is 0.539. The number of hydrogen-bond acceptors (Lipinski definition) is 3. The number of rotatable bonds is 3. The summed E-state index contributed by atoms with van der Waals surface area (Å²) >= 11 is 4.99. The lowest BCUT2D eigenvalue weighted by Crippen LogP contribution is -2.51. The number of benzene rings is 1. The molecule has 1 saturated carbocycles. The third-order valence-electron chi connectivity index (χ3n) is 2.70. The van der Waals surface area contributed by atoms with Crippen LogP contribution in [0.5, 0.6) is 0 Å². The Kier molecular flexibility index (Phi) is 4.89. The molecule has 1 aromatic rings. The zero-order chi connectivity index (χ0) is 14.4. The number of thiocarbonyl (C=S) groups is 1. The fourth-order valence-corrected chi connectivity index (χ4v) is 1.59. The summed E-state index contributed by atoms with van der Waals surface area (Å²) in [6.07, 6.45) is 1.87. The number of hydrazine groups is 1. The topological polar surface area (TPSA) is 82.3 Å². The van der Waals surface area contributed by atoms with Crippen LogP contribution in [0, 0.1) is 0 Å². The fourth-order valence-electron chi connectivity index (χ4n) is 1.47. The second-order valence-electron chi connectivity index (χ2n) is 4.50. The van der Waals surface area contributed by atoms with E-state index in [2.05, 4.69) is 21.5 Å². The molecule has 0 saturated heterocycles. The van der Waals surface area contributed by atoms with Crippen LogP contribution >= 0.6 is 12.2 Å². The highest BCUT2D eigenvalue weighted by Crippen LogP contribution is 2.18. The van der Waals surface area contributed by atoms with Crippen LogP contribution in [0.15, 0.2) is 30.3 Å². The van der Waals surface area contributed by atoms with E-state index in [9.17, 15) is 9.59 Å². The van der Waals surface area contributed by atoms with Crippen molar-refractivity contribution in [2.24, 2.45) is 0 Å². The number of carbonyl (C=O) groups excluding carboxylic acids is 2. The van der Waals surface area contributed by atoms with Gasteiger partial charge >= 0.3 is 11.8 Å². The van der Waals surface area contributed by atoms with Gasteiger partial charge in [0, 0.05) is 12.6 Å². The third-order valence-corrected chi connectivity index (χ3v) is 2.95. The summed E-state index contributed by atoms with van der Waals surface area (Å²) in [4.78, 5) is 22.8. The molecule has 6 nitrogen and oxygen atoms in total. The quantitative estimate of drug-likeness (QED) is 0.357. The molecule has 1 aliphatic rings. The van der Waals surface area contributed by atoms with E-state index in [1.165, 1.54) is 0 Å². The number of nitrogens with one attached hydrogen (secondary N) is 4. The highest BCUT2D eigenvalue weighted by molar-refractivity contribution is 7.80. The van der Waals surface area contributed by atoms with Crippen molar-refractivity contribution in [1.82, 2.24) is 21.5 Å². The Morgan fingerprint density at radius 3 is 2.45 bits per heavy atom. The van der Waals surface area contributed by atoms with Gasteiger partial charge in [-0.2, -0.15) is 0 Å². The van der Waals surface area contributed by atoms with Gasteiger partial charge in [0.2, 0.25) is 0 Å². The monoisotopic (exact) mass is 292 g/mol. The van der Waals surface area contributed by atoms with E-state index in [1.807, 2.05) is 30.3 Å². The van der Waals surface area contributed by atoms with Crippen molar-refractivity contribution >= 4 is 29.1 Å². The fraction of sp³-hybridized carbons (Fsp3) is 0.308. The van der Waals surface area contributed by atoms with Crippen molar-refractivity contribution in [3.8, 4) is 0 Å². The minimum Gasteiger partial charge on any atom is -0.357 e. The standard InChI is InChI=1S/C13H16N4O2S/c18-11(15-10-6-7-10)12(19)16-17-13(20)14-8-9-4-2-1-3-5-9/h1-5,10H,6-8H2,(H,15,18)(H,16,19)(H2,14,17,20). The van der Waals surface area contributed by atoms with Gasteiger partial charge in [-0.25, -0.2) is 0 Å². The predicted octanol–water partition coefficient (Wildman–Crippen LogP) is -0.0395. The average Bonchev–Trinajstić information content (AvgIpc) is 3.27. The van der Waals surface area contributed by atoms with Crippen LogP contribution in [0.25, 0.3) is 0 Å². The summed E-state index contributed by atoms with van der Waals surface area (Å²) in [7, 11) is 0. The zero-order valence-electron chi connectivity index (χ0n) is 10.8. The van der Waals surface area contributed by atoms with E-state index in [-0.39, 0.29) is 11.2 Å². The van der Waals surface area contributed by atoms with E-state index in [4.69, 9.17) is 12.2 Å². The molecule has 2 rings (SSSR count). The molecule has 0 heterocycles. The maximum absolute atomic E-state index is 11.4. The SMILES string of the molecule is O=C(NNC(=S)NCc1ccccc1)C(=O)NC1CC1. The molecule has 4 N–H and O–H groups in total. The Morgan fingerprint density at radius 1 is 1.10 bits per heavy atom. The molecule has 1 fully saturated rings. The lowest BCUT2D eigenvalue weighted by Gasteiger charge is -2.11. The highest BCUT2D eigenvalue weighted by Gasteiger charge is 2.26. The predicted molar refractivity (Wildman–Crippen MR) is 78.3 cm³/mol. The van der Waals surface area contributed by atoms with Gasteiger partial charge in [0.1, 0.15) is 0 Å². The maximum atomic E-state index is 11.4. The second kappa shape index (κ2) is 6.85. The molecule has 1 aliphatic carbocycles. The molecular formula is C13H16N4O2S. The Hall–Kier alpha value is -2.15. The zero-order valence-corrected chi connectivity index (χ0v) is 11.6. The molecule has 0 atom stereocenters. The lowest BCUT2D eigenvalue weighted by molar-refractivity contribution is -0.139. The van der Waals surface area contributed by atoms with Crippen molar-refractivity contribution in [3.05, 3.63) is 35.9 Å². The van der Waals surface area contributed by atoms with Crippen LogP contribution < -0.4 is 21.5 Å². The van der Waals surface area contributed by atoms with Gasteiger partial charge in [0.05, 0.1) is 0 Å². The Morgan fingerprint density at radius 2 is 1.80 bits per heavy atom. The molecule has 2 amide bonds. The van der Waals surface area contributed by atoms with Crippen LogP contribution in [0.3, 0.4) is 0 Å². The normalized spacial score (nSPS) is 13.2. The first-order valence-corrected chi connectivity index (χ1v) is 6.74. The number of carbonyl (C=O) groups is 2. The van der Waals surface area contributed by atoms with Gasteiger partial charge in [0.15, 0.2) is 5.11 Å². The first kappa shape index (κ1) is 14.3. The second-order valence-corrected chi connectivity index (χ2v) is 4.90. The Labute approximate surface area is 122 Å². The van der Waals surface area contributed by atoms with E-state index in [0.717, 1.165) is 18.4 Å². The maximum Gasteiger partial charge on any atom is 0.327 e. The smallest absolute Gasteiger partial charge is 0.327 e. The molecule has 20 heavy (non-hydrogen) atoms. The molecule has 0 radical (unpaired) electrons. The molecule has 0 unspecified atom stereocenters. The molecule has 0 spiro atoms. The average molecular weight is 292 g/mol. The molecule has 0 aliphatic heterocycles. The van der Waals surface area contributed by atoms with E-state index < -0.39 is 11.8 Å². The lowest BCUT2D eigenvalue weighted by atomic mass is 10.2. The first-order chi connectivity index (χ1) is 9.65. The summed E-state index contributed by atoms with van der Waals surface area (Å²) in [5.74, 6) is -1.40. The van der Waals surface area contributed by atoms with Crippen LogP contribution in [0.1, 0.15) is 18.4 Å². The Bertz CT molecular complexity index is 502. The van der Waals surface area contributed by atoms with Crippen molar-refractivity contribution < 1.29 is 9.59 Å². The van der Waals surface area contributed by atoms with Gasteiger partial charge < -0.3 is 10.6 Å². The molecule has 0 bridgehead atoms.